The molecular formula is C17H19F3N4O. The Kier molecular flexibility index (Phi) is 5.08. The Morgan fingerprint density at radius 2 is 1.84 bits per heavy atom. The molecule has 1 aliphatic rings. The molecule has 0 aliphatic carbocycles. The molecule has 1 aromatic heterocycles. The Balaban J connectivity index is 1.59. The van der Waals surface area contributed by atoms with Gasteiger partial charge >= 0.3 is 6.18 Å². The van der Waals surface area contributed by atoms with E-state index in [-0.39, 0.29) is 5.69 Å². The SMILES string of the molecule is O=C(Nc1ccc(CN2CCCCC2)cc1)c1cc(C(F)(F)F)[nH]n1. The van der Waals surface area contributed by atoms with Gasteiger partial charge in [-0.25, -0.2) is 0 Å². The van der Waals surface area contributed by atoms with Crippen molar-refractivity contribution in [2.75, 3.05) is 18.4 Å². The Morgan fingerprint density at radius 3 is 2.44 bits per heavy atom. The second-order valence-electron chi connectivity index (χ2n) is 6.15. The number of halogens is 3. The lowest BCUT2D eigenvalue weighted by molar-refractivity contribution is -0.141. The number of anilines is 1. The number of carbonyl (C=O) groups excluding carboxylic acids is 1. The second-order valence-corrected chi connectivity index (χ2v) is 6.15. The maximum absolute atomic E-state index is 12.5. The summed E-state index contributed by atoms with van der Waals surface area (Å²) >= 11 is 0. The van der Waals surface area contributed by atoms with Crippen molar-refractivity contribution in [3.05, 3.63) is 47.3 Å². The van der Waals surface area contributed by atoms with Gasteiger partial charge in [0.05, 0.1) is 0 Å². The lowest BCUT2D eigenvalue weighted by atomic mass is 10.1. The number of nitrogens with zero attached hydrogens (tertiary/aromatic N) is 2. The van der Waals surface area contributed by atoms with Gasteiger partial charge < -0.3 is 5.32 Å². The number of benzene rings is 1. The number of aromatic nitrogens is 2. The van der Waals surface area contributed by atoms with E-state index in [0.29, 0.717) is 11.8 Å². The molecule has 1 fully saturated rings. The van der Waals surface area contributed by atoms with E-state index in [4.69, 9.17) is 0 Å². The van der Waals surface area contributed by atoms with Crippen molar-refractivity contribution in [3.63, 3.8) is 0 Å². The molecule has 8 heteroatoms. The lowest BCUT2D eigenvalue weighted by Crippen LogP contribution is -2.29. The van der Waals surface area contributed by atoms with Crippen LogP contribution in [0.15, 0.2) is 30.3 Å². The monoisotopic (exact) mass is 352 g/mol. The van der Waals surface area contributed by atoms with Crippen molar-refractivity contribution in [1.82, 2.24) is 15.1 Å². The predicted octanol–water partition coefficient (Wildman–Crippen LogP) is 3.67. The molecule has 0 radical (unpaired) electrons. The Bertz CT molecular complexity index is 718. The van der Waals surface area contributed by atoms with Gasteiger partial charge in [0, 0.05) is 18.3 Å². The third-order valence-electron chi connectivity index (χ3n) is 4.18. The van der Waals surface area contributed by atoms with E-state index in [9.17, 15) is 18.0 Å². The molecule has 1 aliphatic heterocycles. The van der Waals surface area contributed by atoms with Crippen molar-refractivity contribution < 1.29 is 18.0 Å². The molecule has 1 aromatic carbocycles. The molecule has 5 nitrogen and oxygen atoms in total. The number of nitrogens with one attached hydrogen (secondary N) is 2. The lowest BCUT2D eigenvalue weighted by Gasteiger charge is -2.26. The number of hydrogen-bond donors (Lipinski definition) is 2. The van der Waals surface area contributed by atoms with Crippen molar-refractivity contribution in [2.45, 2.75) is 32.0 Å². The zero-order chi connectivity index (χ0) is 17.9. The van der Waals surface area contributed by atoms with Crippen LogP contribution in [0.5, 0.6) is 0 Å². The summed E-state index contributed by atoms with van der Waals surface area (Å²) in [6.45, 7) is 3.06. The minimum atomic E-state index is -4.55. The molecule has 2 heterocycles. The summed E-state index contributed by atoms with van der Waals surface area (Å²) in [5.74, 6) is -0.685. The van der Waals surface area contributed by atoms with E-state index >= 15 is 0 Å². The van der Waals surface area contributed by atoms with E-state index in [1.807, 2.05) is 17.2 Å². The molecule has 0 bridgehead atoms. The van der Waals surface area contributed by atoms with Crippen LogP contribution >= 0.6 is 0 Å². The first-order valence-corrected chi connectivity index (χ1v) is 8.17. The highest BCUT2D eigenvalue weighted by atomic mass is 19.4. The zero-order valence-electron chi connectivity index (χ0n) is 13.6. The first-order chi connectivity index (χ1) is 11.9. The maximum Gasteiger partial charge on any atom is 0.432 e. The number of likely N-dealkylation sites (tertiary alicyclic amines) is 1. The molecule has 1 amide bonds. The zero-order valence-corrected chi connectivity index (χ0v) is 13.6. The molecule has 3 rings (SSSR count). The van der Waals surface area contributed by atoms with Crippen LogP contribution in [-0.2, 0) is 12.7 Å². The highest BCUT2D eigenvalue weighted by Gasteiger charge is 2.33. The third kappa shape index (κ3) is 4.60. The topological polar surface area (TPSA) is 61.0 Å². The van der Waals surface area contributed by atoms with Crippen LogP contribution in [0.25, 0.3) is 0 Å². The Morgan fingerprint density at radius 1 is 1.16 bits per heavy atom. The van der Waals surface area contributed by atoms with Gasteiger partial charge in [0.2, 0.25) is 0 Å². The van der Waals surface area contributed by atoms with Crippen LogP contribution in [-0.4, -0.2) is 34.1 Å². The standard InChI is InChI=1S/C17H19F3N4O/c18-17(19,20)15-10-14(22-23-15)16(25)21-13-6-4-12(5-7-13)11-24-8-2-1-3-9-24/h4-7,10H,1-3,8-9,11H2,(H,21,25)(H,22,23). The highest BCUT2D eigenvalue weighted by molar-refractivity contribution is 6.02. The summed E-state index contributed by atoms with van der Waals surface area (Å²) in [5.41, 5.74) is 0.308. The van der Waals surface area contributed by atoms with E-state index < -0.39 is 17.8 Å². The fourth-order valence-electron chi connectivity index (χ4n) is 2.85. The second kappa shape index (κ2) is 7.26. The first-order valence-electron chi connectivity index (χ1n) is 8.17. The summed E-state index contributed by atoms with van der Waals surface area (Å²) in [6.07, 6.45) is -0.832. The summed E-state index contributed by atoms with van der Waals surface area (Å²) in [6, 6.07) is 8.01. The molecule has 0 saturated carbocycles. The number of aromatic amines is 1. The minimum Gasteiger partial charge on any atom is -0.321 e. The van der Waals surface area contributed by atoms with Crippen molar-refractivity contribution >= 4 is 11.6 Å². The number of H-pyrrole nitrogens is 1. The fourth-order valence-corrected chi connectivity index (χ4v) is 2.85. The van der Waals surface area contributed by atoms with Crippen molar-refractivity contribution in [1.29, 1.82) is 0 Å². The number of amides is 1. The molecule has 2 N–H and O–H groups in total. The van der Waals surface area contributed by atoms with Gasteiger partial charge in [-0.1, -0.05) is 18.6 Å². The normalized spacial score (nSPS) is 16.0. The summed E-state index contributed by atoms with van der Waals surface area (Å²) in [7, 11) is 0. The van der Waals surface area contributed by atoms with Crippen LogP contribution < -0.4 is 5.32 Å². The van der Waals surface area contributed by atoms with Crippen LogP contribution in [0.4, 0.5) is 18.9 Å². The molecular weight excluding hydrogens is 333 g/mol. The van der Waals surface area contributed by atoms with Gasteiger partial charge in [0.25, 0.3) is 5.91 Å². The van der Waals surface area contributed by atoms with Crippen LogP contribution in [0.1, 0.15) is 41.0 Å². The number of rotatable bonds is 4. The van der Waals surface area contributed by atoms with Gasteiger partial charge in [0.15, 0.2) is 5.69 Å². The van der Waals surface area contributed by atoms with E-state index in [2.05, 4.69) is 15.3 Å². The van der Waals surface area contributed by atoms with Gasteiger partial charge in [-0.05, 0) is 43.6 Å². The number of piperidine rings is 1. The molecule has 0 atom stereocenters. The smallest absolute Gasteiger partial charge is 0.321 e. The quantitative estimate of drug-likeness (QED) is 0.883. The Hall–Kier alpha value is -2.35. The summed E-state index contributed by atoms with van der Waals surface area (Å²) < 4.78 is 37.6. The molecule has 0 unspecified atom stereocenters. The van der Waals surface area contributed by atoms with Gasteiger partial charge in [-0.3, -0.25) is 14.8 Å². The van der Waals surface area contributed by atoms with Gasteiger partial charge in [-0.15, -0.1) is 0 Å². The van der Waals surface area contributed by atoms with Crippen molar-refractivity contribution in [2.24, 2.45) is 0 Å². The average molecular weight is 352 g/mol. The highest BCUT2D eigenvalue weighted by Crippen LogP contribution is 2.27. The molecule has 1 saturated heterocycles. The fraction of sp³-hybridized carbons (Fsp3) is 0.412. The molecule has 2 aromatic rings. The molecule has 25 heavy (non-hydrogen) atoms. The summed E-state index contributed by atoms with van der Waals surface area (Å²) in [4.78, 5) is 14.4. The molecule has 0 spiro atoms. The van der Waals surface area contributed by atoms with E-state index in [0.717, 1.165) is 25.2 Å². The number of carbonyl (C=O) groups is 1. The van der Waals surface area contributed by atoms with E-state index in [1.54, 1.807) is 12.1 Å². The largest absolute Gasteiger partial charge is 0.432 e. The van der Waals surface area contributed by atoms with Crippen molar-refractivity contribution in [3.8, 4) is 0 Å². The van der Waals surface area contributed by atoms with E-state index in [1.165, 1.54) is 19.3 Å². The van der Waals surface area contributed by atoms with Gasteiger partial charge in [0.1, 0.15) is 5.69 Å². The maximum atomic E-state index is 12.5. The first kappa shape index (κ1) is 17.5. The number of hydrogen-bond acceptors (Lipinski definition) is 3. The minimum absolute atomic E-state index is 0.301. The van der Waals surface area contributed by atoms with Gasteiger partial charge in [-0.2, -0.15) is 18.3 Å². The Labute approximate surface area is 143 Å². The van der Waals surface area contributed by atoms with Crippen LogP contribution in [0.2, 0.25) is 0 Å². The van der Waals surface area contributed by atoms with Crippen LogP contribution in [0, 0.1) is 0 Å². The summed E-state index contributed by atoms with van der Waals surface area (Å²) in [5, 5.41) is 7.79. The number of alkyl halides is 3. The molecule has 134 valence electrons. The predicted molar refractivity (Wildman–Crippen MR) is 87.1 cm³/mol. The van der Waals surface area contributed by atoms with Crippen LogP contribution in [0.3, 0.4) is 0 Å². The average Bonchev–Trinajstić information content (AvgIpc) is 3.08. The third-order valence-corrected chi connectivity index (χ3v) is 4.18.